The molecular formula is C8H10N4. The second-order valence-corrected chi connectivity index (χ2v) is 2.26. The normalized spacial score (nSPS) is 9.00. The van der Waals surface area contributed by atoms with Crippen LogP contribution in [0.2, 0.25) is 0 Å². The number of aromatic nitrogens is 1. The Hall–Kier alpha value is -1.76. The van der Waals surface area contributed by atoms with Crippen LogP contribution in [0.15, 0.2) is 12.3 Å². The fourth-order valence-corrected chi connectivity index (χ4v) is 0.879. The summed E-state index contributed by atoms with van der Waals surface area (Å²) in [6, 6.07) is 3.58. The van der Waals surface area contributed by atoms with E-state index in [1.54, 1.807) is 12.3 Å². The number of nitrogens with two attached hydrogens (primary N) is 1. The number of nitriles is 1. The number of hydrogen-bond acceptors (Lipinski definition) is 4. The van der Waals surface area contributed by atoms with Crippen molar-refractivity contribution in [1.29, 1.82) is 5.26 Å². The molecule has 1 aromatic heterocycles. The van der Waals surface area contributed by atoms with Gasteiger partial charge in [0.1, 0.15) is 6.07 Å². The average Bonchev–Trinajstić information content (AvgIpc) is 2.09. The first kappa shape index (κ1) is 8.34. The van der Waals surface area contributed by atoms with Gasteiger partial charge in [0.15, 0.2) is 5.82 Å². The fraction of sp³-hybridized carbons (Fsp3) is 0.250. The lowest BCUT2D eigenvalue weighted by Gasteiger charge is -2.05. The monoisotopic (exact) mass is 162 g/mol. The number of nitrogens with one attached hydrogen (secondary N) is 1. The second kappa shape index (κ2) is 3.58. The molecule has 0 amide bonds. The summed E-state index contributed by atoms with van der Waals surface area (Å²) >= 11 is 0. The van der Waals surface area contributed by atoms with Gasteiger partial charge in [0.05, 0.1) is 11.3 Å². The maximum absolute atomic E-state index is 8.63. The number of pyridine rings is 1. The minimum Gasteiger partial charge on any atom is -0.395 e. The van der Waals surface area contributed by atoms with Crippen molar-refractivity contribution in [2.75, 3.05) is 17.6 Å². The zero-order chi connectivity index (χ0) is 8.97. The number of nitrogen functional groups attached to an aromatic ring is 1. The number of nitrogens with zero attached hydrogens (tertiary/aromatic N) is 2. The minimum atomic E-state index is 0.418. The molecule has 0 radical (unpaired) electrons. The van der Waals surface area contributed by atoms with Gasteiger partial charge >= 0.3 is 0 Å². The Morgan fingerprint density at radius 3 is 3.08 bits per heavy atom. The molecule has 3 N–H and O–H groups in total. The van der Waals surface area contributed by atoms with Crippen LogP contribution >= 0.6 is 0 Å². The third-order valence-electron chi connectivity index (χ3n) is 1.45. The quantitative estimate of drug-likeness (QED) is 0.679. The van der Waals surface area contributed by atoms with Gasteiger partial charge in [0.25, 0.3) is 0 Å². The molecule has 0 aromatic carbocycles. The van der Waals surface area contributed by atoms with Gasteiger partial charge < -0.3 is 11.1 Å². The number of hydrogen-bond donors (Lipinski definition) is 2. The highest BCUT2D eigenvalue weighted by Gasteiger charge is 2.03. The van der Waals surface area contributed by atoms with Crippen LogP contribution in [-0.2, 0) is 0 Å². The standard InChI is InChI=1S/C8H10N4/c1-2-11-8-7(10)6(5-9)3-4-12-8/h3-4H,2,10H2,1H3,(H,11,12). The first-order valence-corrected chi connectivity index (χ1v) is 3.68. The molecule has 0 unspecified atom stereocenters. The molecule has 0 aliphatic rings. The third kappa shape index (κ3) is 1.45. The first-order valence-electron chi connectivity index (χ1n) is 3.68. The molecule has 1 heterocycles. The van der Waals surface area contributed by atoms with Crippen LogP contribution in [0.3, 0.4) is 0 Å². The summed E-state index contributed by atoms with van der Waals surface area (Å²) in [4.78, 5) is 3.99. The van der Waals surface area contributed by atoms with Crippen LogP contribution < -0.4 is 11.1 Å². The van der Waals surface area contributed by atoms with Crippen molar-refractivity contribution in [3.63, 3.8) is 0 Å². The Bertz CT molecular complexity index is 313. The van der Waals surface area contributed by atoms with E-state index in [0.29, 0.717) is 17.1 Å². The van der Waals surface area contributed by atoms with Crippen LogP contribution in [0, 0.1) is 11.3 Å². The van der Waals surface area contributed by atoms with Crippen LogP contribution in [-0.4, -0.2) is 11.5 Å². The summed E-state index contributed by atoms with van der Waals surface area (Å²) in [5.74, 6) is 0.580. The molecule has 0 spiro atoms. The van der Waals surface area contributed by atoms with E-state index in [2.05, 4.69) is 10.3 Å². The molecule has 1 rings (SSSR count). The molecule has 0 saturated heterocycles. The van der Waals surface area contributed by atoms with E-state index in [1.165, 1.54) is 0 Å². The van der Waals surface area contributed by atoms with Crippen LogP contribution in [0.25, 0.3) is 0 Å². The highest BCUT2D eigenvalue weighted by Crippen LogP contribution is 2.18. The Balaban J connectivity index is 3.07. The van der Waals surface area contributed by atoms with Gasteiger partial charge in [-0.25, -0.2) is 4.98 Å². The summed E-state index contributed by atoms with van der Waals surface area (Å²) in [5, 5.41) is 11.6. The summed E-state index contributed by atoms with van der Waals surface area (Å²) in [6.45, 7) is 2.69. The lowest BCUT2D eigenvalue weighted by molar-refractivity contribution is 1.16. The van der Waals surface area contributed by atoms with Crippen molar-refractivity contribution in [2.24, 2.45) is 0 Å². The topological polar surface area (TPSA) is 74.7 Å². The predicted molar refractivity (Wildman–Crippen MR) is 47.5 cm³/mol. The molecule has 0 bridgehead atoms. The zero-order valence-corrected chi connectivity index (χ0v) is 6.83. The van der Waals surface area contributed by atoms with Gasteiger partial charge in [0.2, 0.25) is 0 Å². The first-order chi connectivity index (χ1) is 5.79. The summed E-state index contributed by atoms with van der Waals surface area (Å²) in [7, 11) is 0. The Labute approximate surface area is 71.0 Å². The highest BCUT2D eigenvalue weighted by atomic mass is 15.0. The number of rotatable bonds is 2. The smallest absolute Gasteiger partial charge is 0.150 e. The fourth-order valence-electron chi connectivity index (χ4n) is 0.879. The molecular weight excluding hydrogens is 152 g/mol. The average molecular weight is 162 g/mol. The summed E-state index contributed by atoms with van der Waals surface area (Å²) < 4.78 is 0. The van der Waals surface area contributed by atoms with Crippen molar-refractivity contribution >= 4 is 11.5 Å². The lowest BCUT2D eigenvalue weighted by atomic mass is 10.2. The van der Waals surface area contributed by atoms with E-state index >= 15 is 0 Å². The van der Waals surface area contributed by atoms with Crippen molar-refractivity contribution in [3.05, 3.63) is 17.8 Å². The van der Waals surface area contributed by atoms with Crippen LogP contribution in [0.4, 0.5) is 11.5 Å². The molecule has 4 heteroatoms. The van der Waals surface area contributed by atoms with Crippen molar-refractivity contribution in [3.8, 4) is 6.07 Å². The second-order valence-electron chi connectivity index (χ2n) is 2.26. The van der Waals surface area contributed by atoms with Gasteiger partial charge in [-0.2, -0.15) is 5.26 Å². The van der Waals surface area contributed by atoms with Gasteiger partial charge in [-0.1, -0.05) is 0 Å². The molecule has 0 saturated carbocycles. The Kier molecular flexibility index (Phi) is 2.49. The largest absolute Gasteiger partial charge is 0.395 e. The Morgan fingerprint density at radius 2 is 2.50 bits per heavy atom. The van der Waals surface area contributed by atoms with Gasteiger partial charge in [-0.05, 0) is 13.0 Å². The SMILES string of the molecule is CCNc1nccc(C#N)c1N. The Morgan fingerprint density at radius 1 is 1.75 bits per heavy atom. The molecule has 0 aliphatic carbocycles. The molecule has 1 aromatic rings. The summed E-state index contributed by atoms with van der Waals surface area (Å²) in [5.41, 5.74) is 6.51. The van der Waals surface area contributed by atoms with E-state index in [1.807, 2.05) is 13.0 Å². The molecule has 0 atom stereocenters. The predicted octanol–water partition coefficient (Wildman–Crippen LogP) is 0.967. The molecule has 0 aliphatic heterocycles. The zero-order valence-electron chi connectivity index (χ0n) is 6.83. The van der Waals surface area contributed by atoms with Crippen molar-refractivity contribution in [1.82, 2.24) is 4.98 Å². The van der Waals surface area contributed by atoms with E-state index < -0.39 is 0 Å². The van der Waals surface area contributed by atoms with Crippen LogP contribution in [0.1, 0.15) is 12.5 Å². The third-order valence-corrected chi connectivity index (χ3v) is 1.45. The number of anilines is 2. The summed E-state index contributed by atoms with van der Waals surface area (Å²) in [6.07, 6.45) is 1.56. The minimum absolute atomic E-state index is 0.418. The van der Waals surface area contributed by atoms with Gasteiger partial charge in [-0.3, -0.25) is 0 Å². The molecule has 0 fully saturated rings. The van der Waals surface area contributed by atoms with E-state index in [-0.39, 0.29) is 0 Å². The molecule has 12 heavy (non-hydrogen) atoms. The van der Waals surface area contributed by atoms with Gasteiger partial charge in [-0.15, -0.1) is 0 Å². The maximum atomic E-state index is 8.63. The van der Waals surface area contributed by atoms with Crippen molar-refractivity contribution < 1.29 is 0 Å². The maximum Gasteiger partial charge on any atom is 0.150 e. The van der Waals surface area contributed by atoms with Gasteiger partial charge in [0, 0.05) is 12.7 Å². The molecule has 62 valence electrons. The lowest BCUT2D eigenvalue weighted by Crippen LogP contribution is -2.04. The van der Waals surface area contributed by atoms with Crippen LogP contribution in [0.5, 0.6) is 0 Å². The highest BCUT2D eigenvalue weighted by molar-refractivity contribution is 5.68. The molecule has 4 nitrogen and oxygen atoms in total. The van der Waals surface area contributed by atoms with E-state index in [4.69, 9.17) is 11.0 Å². The van der Waals surface area contributed by atoms with Crippen molar-refractivity contribution in [2.45, 2.75) is 6.92 Å². The van der Waals surface area contributed by atoms with E-state index in [9.17, 15) is 0 Å². The van der Waals surface area contributed by atoms with E-state index in [0.717, 1.165) is 6.54 Å².